The predicted octanol–water partition coefficient (Wildman–Crippen LogP) is 3.89. The van der Waals surface area contributed by atoms with Gasteiger partial charge in [-0.25, -0.2) is 9.67 Å². The summed E-state index contributed by atoms with van der Waals surface area (Å²) in [6.45, 7) is 0. The van der Waals surface area contributed by atoms with E-state index in [1.165, 1.54) is 23.1 Å². The van der Waals surface area contributed by atoms with Crippen molar-refractivity contribution < 1.29 is 4.79 Å². The van der Waals surface area contributed by atoms with Crippen molar-refractivity contribution in [1.29, 1.82) is 0 Å². The Bertz CT molecular complexity index is 1230. The lowest BCUT2D eigenvalue weighted by atomic mass is 10.1. The van der Waals surface area contributed by atoms with E-state index in [1.807, 2.05) is 24.3 Å². The van der Waals surface area contributed by atoms with Gasteiger partial charge in [0.15, 0.2) is 10.8 Å². The van der Waals surface area contributed by atoms with E-state index in [2.05, 4.69) is 15.4 Å². The average Bonchev–Trinajstić information content (AvgIpc) is 3.13. The standard InChI is InChI=1S/C20H15ClN4O2S/c1-25-19(27)16-5-3-2-4-15(16)17(24-25)18(26)23-20-22-11-14(28-20)10-12-6-8-13(21)9-7-12/h2-9,11H,10H2,1H3,(H,22,23,26). The molecule has 4 aromatic rings. The van der Waals surface area contributed by atoms with E-state index in [-0.39, 0.29) is 11.3 Å². The normalized spacial score (nSPS) is 10.9. The van der Waals surface area contributed by atoms with Crippen LogP contribution < -0.4 is 10.9 Å². The molecule has 0 fully saturated rings. The summed E-state index contributed by atoms with van der Waals surface area (Å²) in [6.07, 6.45) is 2.44. The molecule has 0 aliphatic carbocycles. The van der Waals surface area contributed by atoms with E-state index in [4.69, 9.17) is 11.6 Å². The van der Waals surface area contributed by atoms with Gasteiger partial charge in [-0.05, 0) is 23.8 Å². The van der Waals surface area contributed by atoms with Gasteiger partial charge < -0.3 is 0 Å². The van der Waals surface area contributed by atoms with Crippen LogP contribution in [-0.4, -0.2) is 20.7 Å². The van der Waals surface area contributed by atoms with Crippen molar-refractivity contribution in [3.05, 3.63) is 86.2 Å². The molecule has 0 unspecified atom stereocenters. The van der Waals surface area contributed by atoms with E-state index in [9.17, 15) is 9.59 Å². The molecule has 0 spiro atoms. The molecule has 1 amide bonds. The molecule has 28 heavy (non-hydrogen) atoms. The number of anilines is 1. The van der Waals surface area contributed by atoms with E-state index in [1.54, 1.807) is 30.5 Å². The molecule has 8 heteroatoms. The SMILES string of the molecule is Cn1nc(C(=O)Nc2ncc(Cc3ccc(Cl)cc3)s2)c2ccccc2c1=O. The number of hydrogen-bond acceptors (Lipinski definition) is 5. The van der Waals surface area contributed by atoms with E-state index >= 15 is 0 Å². The van der Waals surface area contributed by atoms with Crippen LogP contribution in [0.4, 0.5) is 5.13 Å². The molecule has 2 aromatic carbocycles. The Morgan fingerprint density at radius 3 is 2.61 bits per heavy atom. The number of amides is 1. The Labute approximate surface area is 169 Å². The van der Waals surface area contributed by atoms with Crippen molar-refractivity contribution in [3.63, 3.8) is 0 Å². The molecule has 0 saturated carbocycles. The summed E-state index contributed by atoms with van der Waals surface area (Å²) in [5.74, 6) is -0.404. The second kappa shape index (κ2) is 7.53. The van der Waals surface area contributed by atoms with Crippen molar-refractivity contribution in [1.82, 2.24) is 14.8 Å². The second-order valence-corrected chi connectivity index (χ2v) is 7.76. The van der Waals surface area contributed by atoms with E-state index < -0.39 is 5.91 Å². The van der Waals surface area contributed by atoms with Crippen molar-refractivity contribution in [2.75, 3.05) is 5.32 Å². The van der Waals surface area contributed by atoms with Crippen molar-refractivity contribution >= 4 is 44.7 Å². The average molecular weight is 411 g/mol. The molecule has 0 aliphatic rings. The lowest BCUT2D eigenvalue weighted by Gasteiger charge is -2.07. The molecule has 140 valence electrons. The quantitative estimate of drug-likeness (QED) is 0.553. The van der Waals surface area contributed by atoms with E-state index in [0.29, 0.717) is 27.3 Å². The van der Waals surface area contributed by atoms with E-state index in [0.717, 1.165) is 10.4 Å². The Morgan fingerprint density at radius 1 is 1.14 bits per heavy atom. The molecule has 0 radical (unpaired) electrons. The first-order chi connectivity index (χ1) is 13.5. The predicted molar refractivity (Wildman–Crippen MR) is 111 cm³/mol. The Morgan fingerprint density at radius 2 is 1.86 bits per heavy atom. The van der Waals surface area contributed by atoms with Gasteiger partial charge in [0, 0.05) is 35.0 Å². The summed E-state index contributed by atoms with van der Waals surface area (Å²) >= 11 is 7.31. The van der Waals surface area contributed by atoms with Crippen LogP contribution in [0.2, 0.25) is 5.02 Å². The first-order valence-corrected chi connectivity index (χ1v) is 9.67. The van der Waals surface area contributed by atoms with Gasteiger partial charge >= 0.3 is 0 Å². The number of nitrogens with zero attached hydrogens (tertiary/aromatic N) is 3. The Kier molecular flexibility index (Phi) is 4.93. The largest absolute Gasteiger partial charge is 0.296 e. The highest BCUT2D eigenvalue weighted by Gasteiger charge is 2.17. The van der Waals surface area contributed by atoms with Gasteiger partial charge in [0.1, 0.15) is 0 Å². The first-order valence-electron chi connectivity index (χ1n) is 8.48. The number of nitrogens with one attached hydrogen (secondary N) is 1. The summed E-state index contributed by atoms with van der Waals surface area (Å²) < 4.78 is 1.17. The highest BCUT2D eigenvalue weighted by molar-refractivity contribution is 7.15. The van der Waals surface area contributed by atoms with Gasteiger partial charge in [-0.3, -0.25) is 14.9 Å². The van der Waals surface area contributed by atoms with Crippen LogP contribution in [0, 0.1) is 0 Å². The van der Waals surface area contributed by atoms with Gasteiger partial charge in [-0.2, -0.15) is 5.10 Å². The number of fused-ring (bicyclic) bond motifs is 1. The summed E-state index contributed by atoms with van der Waals surface area (Å²) in [7, 11) is 1.53. The Hall–Kier alpha value is -3.03. The van der Waals surface area contributed by atoms with Gasteiger partial charge in [0.05, 0.1) is 5.39 Å². The fraction of sp³-hybridized carbons (Fsp3) is 0.100. The smallest absolute Gasteiger partial charge is 0.278 e. The van der Waals surface area contributed by atoms with Crippen LogP contribution in [-0.2, 0) is 13.5 Å². The van der Waals surface area contributed by atoms with Crippen LogP contribution >= 0.6 is 22.9 Å². The first kappa shape index (κ1) is 18.3. The number of carbonyl (C=O) groups excluding carboxylic acids is 1. The number of rotatable bonds is 4. The monoisotopic (exact) mass is 410 g/mol. The molecule has 0 bridgehead atoms. The molecule has 2 heterocycles. The molecular formula is C20H15ClN4O2S. The number of carbonyl (C=O) groups is 1. The fourth-order valence-corrected chi connectivity index (χ4v) is 3.84. The number of thiazole rings is 1. The van der Waals surface area contributed by atoms with Gasteiger partial charge in [-0.15, -0.1) is 11.3 Å². The van der Waals surface area contributed by atoms with Gasteiger partial charge in [0.2, 0.25) is 0 Å². The number of halogens is 1. The maximum atomic E-state index is 12.8. The van der Waals surface area contributed by atoms with Crippen LogP contribution in [0.5, 0.6) is 0 Å². The molecular weight excluding hydrogens is 396 g/mol. The zero-order valence-electron chi connectivity index (χ0n) is 14.8. The fourth-order valence-electron chi connectivity index (χ4n) is 2.87. The van der Waals surface area contributed by atoms with Crippen molar-refractivity contribution in [3.8, 4) is 0 Å². The van der Waals surface area contributed by atoms with Crippen LogP contribution in [0.1, 0.15) is 20.9 Å². The third-order valence-electron chi connectivity index (χ3n) is 4.24. The summed E-state index contributed by atoms with van der Waals surface area (Å²) in [5.41, 5.74) is 1.05. The Balaban J connectivity index is 1.57. The topological polar surface area (TPSA) is 76.9 Å². The van der Waals surface area contributed by atoms with Gasteiger partial charge in [0.25, 0.3) is 11.5 Å². The molecule has 6 nitrogen and oxygen atoms in total. The highest BCUT2D eigenvalue weighted by atomic mass is 35.5. The molecule has 0 saturated heterocycles. The second-order valence-electron chi connectivity index (χ2n) is 6.21. The third kappa shape index (κ3) is 3.67. The lowest BCUT2D eigenvalue weighted by Crippen LogP contribution is -2.25. The van der Waals surface area contributed by atoms with Crippen molar-refractivity contribution in [2.45, 2.75) is 6.42 Å². The molecule has 4 rings (SSSR count). The molecule has 0 aliphatic heterocycles. The summed E-state index contributed by atoms with van der Waals surface area (Å²) in [6, 6.07) is 14.5. The minimum absolute atomic E-state index is 0.187. The minimum atomic E-state index is -0.404. The number of aryl methyl sites for hydroxylation is 1. The maximum absolute atomic E-state index is 12.8. The molecule has 2 aromatic heterocycles. The molecule has 0 atom stereocenters. The summed E-state index contributed by atoms with van der Waals surface area (Å²) in [5, 5.41) is 9.06. The minimum Gasteiger partial charge on any atom is -0.296 e. The highest BCUT2D eigenvalue weighted by Crippen LogP contribution is 2.23. The lowest BCUT2D eigenvalue weighted by molar-refractivity contribution is 0.102. The number of aromatic nitrogens is 3. The maximum Gasteiger partial charge on any atom is 0.278 e. The van der Waals surface area contributed by atoms with Crippen LogP contribution in [0.25, 0.3) is 10.8 Å². The zero-order valence-corrected chi connectivity index (χ0v) is 16.4. The van der Waals surface area contributed by atoms with Gasteiger partial charge in [-0.1, -0.05) is 41.9 Å². The summed E-state index contributed by atoms with van der Waals surface area (Å²) in [4.78, 5) is 30.3. The van der Waals surface area contributed by atoms with Crippen LogP contribution in [0.3, 0.4) is 0 Å². The zero-order chi connectivity index (χ0) is 19.7. The van der Waals surface area contributed by atoms with Crippen molar-refractivity contribution in [2.24, 2.45) is 7.05 Å². The number of benzene rings is 2. The number of hydrogen-bond donors (Lipinski definition) is 1. The van der Waals surface area contributed by atoms with Crippen LogP contribution in [0.15, 0.2) is 59.5 Å². The molecule has 1 N–H and O–H groups in total. The third-order valence-corrected chi connectivity index (χ3v) is 5.40.